The summed E-state index contributed by atoms with van der Waals surface area (Å²) in [6.45, 7) is 4.92. The number of piperidine rings is 1. The van der Waals surface area contributed by atoms with Crippen molar-refractivity contribution in [3.8, 4) is 0 Å². The Bertz CT molecular complexity index is 414. The fourth-order valence-corrected chi connectivity index (χ4v) is 2.22. The van der Waals surface area contributed by atoms with Gasteiger partial charge in [-0.1, -0.05) is 18.2 Å². The molecule has 1 unspecified atom stereocenters. The SMILES string of the molecule is Cc1ccccc1NC(=O)C1(C)CCCCN1.Cl. The molecule has 2 N–H and O–H groups in total. The molecule has 0 aliphatic carbocycles. The third kappa shape index (κ3) is 3.24. The number of anilines is 1. The molecule has 1 aliphatic rings. The molecule has 1 amide bonds. The maximum absolute atomic E-state index is 12.3. The molecule has 0 spiro atoms. The van der Waals surface area contributed by atoms with Crippen molar-refractivity contribution in [1.82, 2.24) is 5.32 Å². The zero-order chi connectivity index (χ0) is 12.3. The maximum atomic E-state index is 12.3. The van der Waals surface area contributed by atoms with Crippen LogP contribution in [0.5, 0.6) is 0 Å². The number of hydrogen-bond acceptors (Lipinski definition) is 2. The molecule has 3 nitrogen and oxygen atoms in total. The summed E-state index contributed by atoms with van der Waals surface area (Å²) in [7, 11) is 0. The van der Waals surface area contributed by atoms with E-state index in [-0.39, 0.29) is 18.3 Å². The number of carbonyl (C=O) groups is 1. The Morgan fingerprint density at radius 1 is 1.33 bits per heavy atom. The minimum absolute atomic E-state index is 0. The smallest absolute Gasteiger partial charge is 0.244 e. The van der Waals surface area contributed by atoms with Gasteiger partial charge in [-0.15, -0.1) is 12.4 Å². The van der Waals surface area contributed by atoms with Crippen molar-refractivity contribution in [2.45, 2.75) is 38.6 Å². The van der Waals surface area contributed by atoms with Gasteiger partial charge in [-0.3, -0.25) is 4.79 Å². The lowest BCUT2D eigenvalue weighted by Gasteiger charge is -2.33. The summed E-state index contributed by atoms with van der Waals surface area (Å²) in [5, 5.41) is 6.34. The molecule has 1 heterocycles. The van der Waals surface area contributed by atoms with Gasteiger partial charge in [-0.05, 0) is 51.3 Å². The molecular weight excluding hydrogens is 248 g/mol. The van der Waals surface area contributed by atoms with E-state index in [4.69, 9.17) is 0 Å². The molecule has 1 saturated heterocycles. The largest absolute Gasteiger partial charge is 0.324 e. The molecule has 1 fully saturated rings. The summed E-state index contributed by atoms with van der Waals surface area (Å²) in [5.41, 5.74) is 1.59. The standard InChI is InChI=1S/C14H20N2O.ClH/c1-11-7-3-4-8-12(11)16-13(17)14(2)9-5-6-10-15-14;/h3-4,7-8,15H,5-6,9-10H2,1-2H3,(H,16,17);1H. The summed E-state index contributed by atoms with van der Waals surface area (Å²) in [6.07, 6.45) is 3.18. The van der Waals surface area contributed by atoms with E-state index in [0.29, 0.717) is 0 Å². The van der Waals surface area contributed by atoms with Crippen LogP contribution in [0, 0.1) is 6.92 Å². The Labute approximate surface area is 115 Å². The van der Waals surface area contributed by atoms with Crippen LogP contribution in [-0.4, -0.2) is 18.0 Å². The second-order valence-electron chi connectivity index (χ2n) is 4.99. The van der Waals surface area contributed by atoms with E-state index in [1.54, 1.807) is 0 Å². The van der Waals surface area contributed by atoms with Gasteiger partial charge in [0.05, 0.1) is 5.54 Å². The number of halogens is 1. The molecular formula is C14H21ClN2O. The Balaban J connectivity index is 0.00000162. The van der Waals surface area contributed by atoms with Crippen LogP contribution in [0.15, 0.2) is 24.3 Å². The van der Waals surface area contributed by atoms with Crippen LogP contribution >= 0.6 is 12.4 Å². The number of carbonyl (C=O) groups excluding carboxylic acids is 1. The van der Waals surface area contributed by atoms with Crippen molar-refractivity contribution < 1.29 is 4.79 Å². The number of hydrogen-bond donors (Lipinski definition) is 2. The van der Waals surface area contributed by atoms with E-state index in [0.717, 1.165) is 37.1 Å². The number of aryl methyl sites for hydroxylation is 1. The minimum atomic E-state index is -0.416. The molecule has 1 aromatic rings. The predicted molar refractivity (Wildman–Crippen MR) is 77.3 cm³/mol. The third-order valence-corrected chi connectivity index (χ3v) is 3.51. The zero-order valence-corrected chi connectivity index (χ0v) is 11.8. The van der Waals surface area contributed by atoms with Crippen LogP contribution in [0.4, 0.5) is 5.69 Å². The van der Waals surface area contributed by atoms with Gasteiger partial charge in [0.25, 0.3) is 0 Å². The molecule has 2 rings (SSSR count). The fraction of sp³-hybridized carbons (Fsp3) is 0.500. The van der Waals surface area contributed by atoms with E-state index in [1.807, 2.05) is 38.1 Å². The van der Waals surface area contributed by atoms with E-state index < -0.39 is 5.54 Å². The Morgan fingerprint density at radius 2 is 2.06 bits per heavy atom. The molecule has 0 aromatic heterocycles. The molecule has 18 heavy (non-hydrogen) atoms. The first-order valence-corrected chi connectivity index (χ1v) is 6.24. The first-order chi connectivity index (χ1) is 8.12. The number of para-hydroxylation sites is 1. The highest BCUT2D eigenvalue weighted by Gasteiger charge is 2.34. The molecule has 1 atom stereocenters. The van der Waals surface area contributed by atoms with Crippen molar-refractivity contribution >= 4 is 24.0 Å². The lowest BCUT2D eigenvalue weighted by atomic mass is 9.90. The highest BCUT2D eigenvalue weighted by molar-refractivity contribution is 5.98. The zero-order valence-electron chi connectivity index (χ0n) is 11.0. The van der Waals surface area contributed by atoms with E-state index in [1.165, 1.54) is 0 Å². The second kappa shape index (κ2) is 6.21. The fourth-order valence-electron chi connectivity index (χ4n) is 2.22. The molecule has 0 saturated carbocycles. The first-order valence-electron chi connectivity index (χ1n) is 6.24. The summed E-state index contributed by atoms with van der Waals surface area (Å²) in [6, 6.07) is 7.87. The average Bonchev–Trinajstić information content (AvgIpc) is 2.33. The highest BCUT2D eigenvalue weighted by Crippen LogP contribution is 2.22. The molecule has 0 bridgehead atoms. The van der Waals surface area contributed by atoms with E-state index >= 15 is 0 Å². The van der Waals surface area contributed by atoms with Crippen LogP contribution in [0.3, 0.4) is 0 Å². The molecule has 1 aliphatic heterocycles. The van der Waals surface area contributed by atoms with Gasteiger partial charge >= 0.3 is 0 Å². The van der Waals surface area contributed by atoms with Crippen LogP contribution in [0.2, 0.25) is 0 Å². The number of benzene rings is 1. The third-order valence-electron chi connectivity index (χ3n) is 3.51. The lowest BCUT2D eigenvalue weighted by molar-refractivity contribution is -0.122. The molecule has 100 valence electrons. The quantitative estimate of drug-likeness (QED) is 0.866. The summed E-state index contributed by atoms with van der Waals surface area (Å²) in [4.78, 5) is 12.3. The van der Waals surface area contributed by atoms with Gasteiger partial charge in [0.15, 0.2) is 0 Å². The summed E-state index contributed by atoms with van der Waals surface area (Å²) in [5.74, 6) is 0.0755. The Kier molecular flexibility index (Phi) is 5.17. The first kappa shape index (κ1) is 15.0. The molecule has 1 aromatic carbocycles. The second-order valence-corrected chi connectivity index (χ2v) is 4.99. The van der Waals surface area contributed by atoms with Crippen LogP contribution in [0.1, 0.15) is 31.7 Å². The maximum Gasteiger partial charge on any atom is 0.244 e. The highest BCUT2D eigenvalue weighted by atomic mass is 35.5. The van der Waals surface area contributed by atoms with Crippen molar-refractivity contribution in [2.24, 2.45) is 0 Å². The summed E-state index contributed by atoms with van der Waals surface area (Å²) >= 11 is 0. The Hall–Kier alpha value is -1.06. The normalized spacial score (nSPS) is 23.0. The monoisotopic (exact) mass is 268 g/mol. The topological polar surface area (TPSA) is 41.1 Å². The van der Waals surface area contributed by atoms with Crippen LogP contribution < -0.4 is 10.6 Å². The minimum Gasteiger partial charge on any atom is -0.324 e. The van der Waals surface area contributed by atoms with Gasteiger partial charge in [0.2, 0.25) is 5.91 Å². The Morgan fingerprint density at radius 3 is 2.67 bits per heavy atom. The average molecular weight is 269 g/mol. The van der Waals surface area contributed by atoms with Gasteiger partial charge in [0, 0.05) is 5.69 Å². The van der Waals surface area contributed by atoms with Gasteiger partial charge in [-0.2, -0.15) is 0 Å². The van der Waals surface area contributed by atoms with Crippen LogP contribution in [-0.2, 0) is 4.79 Å². The number of amides is 1. The lowest BCUT2D eigenvalue weighted by Crippen LogP contribution is -2.54. The number of nitrogens with one attached hydrogen (secondary N) is 2. The predicted octanol–water partition coefficient (Wildman–Crippen LogP) is 2.89. The van der Waals surface area contributed by atoms with Gasteiger partial charge < -0.3 is 10.6 Å². The number of rotatable bonds is 2. The van der Waals surface area contributed by atoms with Crippen LogP contribution in [0.25, 0.3) is 0 Å². The van der Waals surface area contributed by atoms with Gasteiger partial charge in [-0.25, -0.2) is 0 Å². The van der Waals surface area contributed by atoms with E-state index in [2.05, 4.69) is 10.6 Å². The van der Waals surface area contributed by atoms with Gasteiger partial charge in [0.1, 0.15) is 0 Å². The van der Waals surface area contributed by atoms with Crippen molar-refractivity contribution in [1.29, 1.82) is 0 Å². The van der Waals surface area contributed by atoms with E-state index in [9.17, 15) is 4.79 Å². The molecule has 0 radical (unpaired) electrons. The molecule has 4 heteroatoms. The van der Waals surface area contributed by atoms with Crippen molar-refractivity contribution in [3.05, 3.63) is 29.8 Å². The summed E-state index contributed by atoms with van der Waals surface area (Å²) < 4.78 is 0. The van der Waals surface area contributed by atoms with Crippen molar-refractivity contribution in [3.63, 3.8) is 0 Å². The van der Waals surface area contributed by atoms with Crippen molar-refractivity contribution in [2.75, 3.05) is 11.9 Å².